The van der Waals surface area contributed by atoms with Crippen LogP contribution in [0, 0.1) is 13.8 Å². The van der Waals surface area contributed by atoms with Gasteiger partial charge >= 0.3 is 12.0 Å². The highest BCUT2D eigenvalue weighted by atomic mass is 16.5. The highest BCUT2D eigenvalue weighted by molar-refractivity contribution is 6.07. The van der Waals surface area contributed by atoms with Crippen LogP contribution in [0.4, 0.5) is 16.2 Å². The molecule has 0 saturated heterocycles. The van der Waals surface area contributed by atoms with Crippen LogP contribution in [0.25, 0.3) is 11.1 Å². The lowest BCUT2D eigenvalue weighted by atomic mass is 10.0. The van der Waals surface area contributed by atoms with Crippen molar-refractivity contribution in [2.75, 3.05) is 17.2 Å². The van der Waals surface area contributed by atoms with Crippen LogP contribution in [0.15, 0.2) is 48.7 Å². The second-order valence-electron chi connectivity index (χ2n) is 7.07. The van der Waals surface area contributed by atoms with Crippen molar-refractivity contribution >= 4 is 29.3 Å². The van der Waals surface area contributed by atoms with E-state index in [-0.39, 0.29) is 23.9 Å². The molecule has 8 heteroatoms. The van der Waals surface area contributed by atoms with Crippen LogP contribution in [-0.2, 0) is 4.74 Å². The van der Waals surface area contributed by atoms with Crippen LogP contribution in [0.5, 0.6) is 0 Å². The predicted octanol–water partition coefficient (Wildman–Crippen LogP) is 4.22. The van der Waals surface area contributed by atoms with Gasteiger partial charge in [0.25, 0.3) is 5.91 Å². The molecule has 8 nitrogen and oxygen atoms in total. The molecule has 0 atom stereocenters. The van der Waals surface area contributed by atoms with Gasteiger partial charge < -0.3 is 26.1 Å². The lowest BCUT2D eigenvalue weighted by Gasteiger charge is -2.10. The summed E-state index contributed by atoms with van der Waals surface area (Å²) >= 11 is 0. The Kier molecular flexibility index (Phi) is 6.40. The average Bonchev–Trinajstić information content (AvgIpc) is 3.13. The minimum atomic E-state index is -0.694. The molecule has 0 spiro atoms. The van der Waals surface area contributed by atoms with E-state index in [4.69, 9.17) is 10.5 Å². The van der Waals surface area contributed by atoms with Gasteiger partial charge in [0.15, 0.2) is 0 Å². The number of benzene rings is 2. The molecule has 0 aliphatic rings. The first-order valence-corrected chi connectivity index (χ1v) is 9.73. The molecule has 3 aromatic rings. The number of aromatic nitrogens is 1. The molecule has 31 heavy (non-hydrogen) atoms. The van der Waals surface area contributed by atoms with Crippen LogP contribution in [0.1, 0.15) is 38.9 Å². The van der Waals surface area contributed by atoms with Crippen molar-refractivity contribution in [1.29, 1.82) is 0 Å². The Morgan fingerprint density at radius 2 is 1.58 bits per heavy atom. The molecular formula is C23H24N4O4. The maximum Gasteiger partial charge on any atom is 0.340 e. The highest BCUT2D eigenvalue weighted by Crippen LogP contribution is 2.29. The van der Waals surface area contributed by atoms with Gasteiger partial charge in [-0.1, -0.05) is 18.2 Å². The number of esters is 1. The molecule has 0 aliphatic heterocycles. The number of hydrogen-bond donors (Lipinski definition) is 4. The quantitative estimate of drug-likeness (QED) is 0.445. The van der Waals surface area contributed by atoms with Crippen molar-refractivity contribution in [1.82, 2.24) is 4.98 Å². The number of ether oxygens (including phenoxy) is 1. The normalized spacial score (nSPS) is 10.4. The molecule has 2 aromatic carbocycles. The first-order chi connectivity index (χ1) is 14.8. The third-order valence-corrected chi connectivity index (χ3v) is 4.53. The smallest absolute Gasteiger partial charge is 0.340 e. The fourth-order valence-corrected chi connectivity index (χ4v) is 3.35. The molecule has 0 aliphatic carbocycles. The van der Waals surface area contributed by atoms with Crippen LogP contribution >= 0.6 is 0 Å². The van der Waals surface area contributed by atoms with Crippen LogP contribution in [0.2, 0.25) is 0 Å². The third-order valence-electron chi connectivity index (χ3n) is 4.53. The zero-order valence-corrected chi connectivity index (χ0v) is 17.5. The maximum absolute atomic E-state index is 12.3. The minimum Gasteiger partial charge on any atom is -0.462 e. The van der Waals surface area contributed by atoms with Crippen molar-refractivity contribution in [3.8, 4) is 11.1 Å². The number of carbonyl (C=O) groups is 3. The average molecular weight is 420 g/mol. The predicted molar refractivity (Wildman–Crippen MR) is 119 cm³/mol. The first kappa shape index (κ1) is 21.6. The molecule has 1 heterocycles. The van der Waals surface area contributed by atoms with Gasteiger partial charge in [-0.3, -0.25) is 4.79 Å². The molecule has 5 N–H and O–H groups in total. The number of rotatable bonds is 6. The number of H-pyrrole nitrogens is 1. The van der Waals surface area contributed by atoms with Crippen LogP contribution in [0.3, 0.4) is 0 Å². The van der Waals surface area contributed by atoms with Crippen molar-refractivity contribution in [3.05, 3.63) is 71.0 Å². The number of anilines is 2. The molecular weight excluding hydrogens is 396 g/mol. The van der Waals surface area contributed by atoms with Crippen molar-refractivity contribution in [2.24, 2.45) is 5.73 Å². The monoisotopic (exact) mass is 420 g/mol. The van der Waals surface area contributed by atoms with Gasteiger partial charge in [-0.15, -0.1) is 0 Å². The van der Waals surface area contributed by atoms with E-state index in [0.717, 1.165) is 11.1 Å². The van der Waals surface area contributed by atoms with E-state index in [1.807, 2.05) is 32.0 Å². The zero-order chi connectivity index (χ0) is 22.5. The summed E-state index contributed by atoms with van der Waals surface area (Å²) < 4.78 is 5.06. The summed E-state index contributed by atoms with van der Waals surface area (Å²) in [6.45, 7) is 5.82. The Hall–Kier alpha value is -4.07. The molecule has 3 amide bonds. The fourth-order valence-electron chi connectivity index (χ4n) is 3.35. The van der Waals surface area contributed by atoms with Gasteiger partial charge in [-0.2, -0.15) is 0 Å². The number of hydrogen-bond acceptors (Lipinski definition) is 4. The van der Waals surface area contributed by atoms with Crippen molar-refractivity contribution in [2.45, 2.75) is 20.8 Å². The van der Waals surface area contributed by atoms with Gasteiger partial charge in [-0.05, 0) is 61.7 Å². The fraction of sp³-hybridized carbons (Fsp3) is 0.174. The molecule has 160 valence electrons. The lowest BCUT2D eigenvalue weighted by molar-refractivity contribution is 0.0527. The summed E-state index contributed by atoms with van der Waals surface area (Å²) in [4.78, 5) is 39.1. The summed E-state index contributed by atoms with van der Waals surface area (Å²) in [5.74, 6) is -1.25. The van der Waals surface area contributed by atoms with Crippen LogP contribution < -0.4 is 16.4 Å². The molecule has 1 aromatic heterocycles. The number of urea groups is 1. The Bertz CT molecular complexity index is 1110. The summed E-state index contributed by atoms with van der Waals surface area (Å²) in [7, 11) is 0. The molecule has 0 bridgehead atoms. The van der Waals surface area contributed by atoms with Gasteiger partial charge in [0.05, 0.1) is 12.2 Å². The second-order valence-corrected chi connectivity index (χ2v) is 7.07. The number of primary amides is 1. The standard InChI is InChI=1S/C23H24N4O4/c1-4-31-22(29)18-12-25-20(21(24)28)19(18)15-5-7-16(8-6-15)26-23(30)27-17-10-13(2)9-14(3)11-17/h5-12,25H,4H2,1-3H3,(H2,24,28)(H2,26,27,30). The van der Waals surface area contributed by atoms with E-state index in [1.54, 1.807) is 31.2 Å². The first-order valence-electron chi connectivity index (χ1n) is 9.73. The van der Waals surface area contributed by atoms with Crippen molar-refractivity contribution in [3.63, 3.8) is 0 Å². The largest absolute Gasteiger partial charge is 0.462 e. The number of aromatic amines is 1. The van der Waals surface area contributed by atoms with E-state index >= 15 is 0 Å². The van der Waals surface area contributed by atoms with E-state index in [2.05, 4.69) is 15.6 Å². The summed E-state index contributed by atoms with van der Waals surface area (Å²) in [5, 5.41) is 5.55. The van der Waals surface area contributed by atoms with Gasteiger partial charge in [-0.25, -0.2) is 9.59 Å². The molecule has 3 rings (SSSR count). The van der Waals surface area contributed by atoms with E-state index in [0.29, 0.717) is 22.5 Å². The molecule has 0 radical (unpaired) electrons. The topological polar surface area (TPSA) is 126 Å². The molecule has 0 unspecified atom stereocenters. The van der Waals surface area contributed by atoms with Gasteiger partial charge in [0, 0.05) is 23.1 Å². The number of aryl methyl sites for hydroxylation is 2. The SMILES string of the molecule is CCOC(=O)c1c[nH]c(C(N)=O)c1-c1ccc(NC(=O)Nc2cc(C)cc(C)c2)cc1. The van der Waals surface area contributed by atoms with E-state index in [1.165, 1.54) is 6.20 Å². The second kappa shape index (κ2) is 9.17. The Morgan fingerprint density at radius 3 is 2.16 bits per heavy atom. The minimum absolute atomic E-state index is 0.108. The highest BCUT2D eigenvalue weighted by Gasteiger charge is 2.22. The Labute approximate surface area is 179 Å². The van der Waals surface area contributed by atoms with E-state index < -0.39 is 11.9 Å². The molecule has 0 saturated carbocycles. The summed E-state index contributed by atoms with van der Waals surface area (Å²) in [6.07, 6.45) is 1.40. The lowest BCUT2D eigenvalue weighted by Crippen LogP contribution is -2.19. The van der Waals surface area contributed by atoms with E-state index in [9.17, 15) is 14.4 Å². The van der Waals surface area contributed by atoms with Crippen molar-refractivity contribution < 1.29 is 19.1 Å². The zero-order valence-electron chi connectivity index (χ0n) is 17.5. The third kappa shape index (κ3) is 5.11. The Balaban J connectivity index is 1.80. The number of amides is 3. The summed E-state index contributed by atoms with van der Waals surface area (Å²) in [6, 6.07) is 12.1. The summed E-state index contributed by atoms with van der Waals surface area (Å²) in [5.41, 5.74) is 10.0. The van der Waals surface area contributed by atoms with Gasteiger partial charge in [0.2, 0.25) is 0 Å². The van der Waals surface area contributed by atoms with Gasteiger partial charge in [0.1, 0.15) is 5.69 Å². The number of nitrogens with two attached hydrogens (primary N) is 1. The molecule has 0 fully saturated rings. The number of nitrogens with one attached hydrogen (secondary N) is 3. The van der Waals surface area contributed by atoms with Crippen LogP contribution in [-0.4, -0.2) is 29.5 Å². The Morgan fingerprint density at radius 1 is 0.968 bits per heavy atom. The number of carbonyl (C=O) groups excluding carboxylic acids is 3. The maximum atomic E-state index is 12.3.